The van der Waals surface area contributed by atoms with Crippen LogP contribution in [0.1, 0.15) is 10.4 Å². The minimum absolute atomic E-state index is 0.0496. The summed E-state index contributed by atoms with van der Waals surface area (Å²) in [5, 5.41) is 3.01. The van der Waals surface area contributed by atoms with Gasteiger partial charge in [-0.2, -0.15) is 0 Å². The second-order valence-electron chi connectivity index (χ2n) is 5.09. The lowest BCUT2D eigenvalue weighted by Gasteiger charge is -2.47. The standard InChI is InChI=1S/C13H17BrN4O/c14-11-5-10(6-15-7-11)13(19)16-8-12-9-17-1-3-18(12)4-2-17/h5-7,12H,1-4,8-9H2,(H,16,19). The van der Waals surface area contributed by atoms with Crippen molar-refractivity contribution in [3.63, 3.8) is 0 Å². The van der Waals surface area contributed by atoms with Gasteiger partial charge in [-0.25, -0.2) is 0 Å². The molecule has 3 fully saturated rings. The normalized spacial score (nSPS) is 29.2. The SMILES string of the molecule is O=C(NCC1CN2CCN1CC2)c1cncc(Br)c1. The van der Waals surface area contributed by atoms with E-state index < -0.39 is 0 Å². The van der Waals surface area contributed by atoms with E-state index in [1.807, 2.05) is 0 Å². The van der Waals surface area contributed by atoms with Gasteiger partial charge in [0.15, 0.2) is 0 Å². The van der Waals surface area contributed by atoms with Crippen LogP contribution in [0.5, 0.6) is 0 Å². The smallest absolute Gasteiger partial charge is 0.252 e. The molecular formula is C13H17BrN4O. The summed E-state index contributed by atoms with van der Waals surface area (Å²) in [5.41, 5.74) is 0.602. The van der Waals surface area contributed by atoms with Gasteiger partial charge in [0.1, 0.15) is 0 Å². The summed E-state index contributed by atoms with van der Waals surface area (Å²) in [6.45, 7) is 6.36. The quantitative estimate of drug-likeness (QED) is 0.883. The molecule has 5 nitrogen and oxygen atoms in total. The first kappa shape index (κ1) is 13.0. The number of halogens is 1. The fourth-order valence-corrected chi connectivity index (χ4v) is 3.13. The summed E-state index contributed by atoms with van der Waals surface area (Å²) in [6, 6.07) is 2.24. The zero-order valence-corrected chi connectivity index (χ0v) is 12.3. The van der Waals surface area contributed by atoms with E-state index in [9.17, 15) is 4.79 Å². The number of carbonyl (C=O) groups is 1. The molecule has 3 aliphatic heterocycles. The predicted octanol–water partition coefficient (Wildman–Crippen LogP) is 0.574. The second kappa shape index (κ2) is 5.56. The van der Waals surface area contributed by atoms with Crippen LogP contribution in [0.25, 0.3) is 0 Å². The van der Waals surface area contributed by atoms with Crippen LogP contribution in [0.2, 0.25) is 0 Å². The molecule has 1 unspecified atom stereocenters. The van der Waals surface area contributed by atoms with E-state index in [-0.39, 0.29) is 5.91 Å². The largest absolute Gasteiger partial charge is 0.350 e. The molecular weight excluding hydrogens is 308 g/mol. The van der Waals surface area contributed by atoms with E-state index in [0.717, 1.165) is 24.1 Å². The Hall–Kier alpha value is -0.980. The van der Waals surface area contributed by atoms with E-state index >= 15 is 0 Å². The number of hydrogen-bond acceptors (Lipinski definition) is 4. The van der Waals surface area contributed by atoms with Crippen LogP contribution in [-0.4, -0.2) is 66.0 Å². The van der Waals surface area contributed by atoms with Crippen molar-refractivity contribution in [2.45, 2.75) is 6.04 Å². The summed E-state index contributed by atoms with van der Waals surface area (Å²) in [4.78, 5) is 21.0. The number of nitrogens with one attached hydrogen (secondary N) is 1. The first-order valence-corrected chi connectivity index (χ1v) is 7.37. The van der Waals surface area contributed by atoms with Crippen LogP contribution in [0.15, 0.2) is 22.9 Å². The Balaban J connectivity index is 1.56. The summed E-state index contributed by atoms with van der Waals surface area (Å²) < 4.78 is 0.826. The summed E-state index contributed by atoms with van der Waals surface area (Å²) >= 11 is 3.33. The van der Waals surface area contributed by atoms with Gasteiger partial charge in [-0.05, 0) is 22.0 Å². The lowest BCUT2D eigenvalue weighted by Crippen LogP contribution is -2.63. The Labute approximate surface area is 121 Å². The number of nitrogens with zero attached hydrogens (tertiary/aromatic N) is 3. The molecule has 1 aromatic rings. The molecule has 0 spiro atoms. The monoisotopic (exact) mass is 324 g/mol. The van der Waals surface area contributed by atoms with Crippen LogP contribution >= 0.6 is 15.9 Å². The third-order valence-electron chi connectivity index (χ3n) is 3.86. The van der Waals surface area contributed by atoms with Crippen molar-refractivity contribution in [3.8, 4) is 0 Å². The molecule has 4 heterocycles. The van der Waals surface area contributed by atoms with Crippen LogP contribution in [0.4, 0.5) is 0 Å². The maximum absolute atomic E-state index is 12.0. The van der Waals surface area contributed by atoms with Gasteiger partial charge in [-0.15, -0.1) is 0 Å². The number of carbonyl (C=O) groups excluding carboxylic acids is 1. The highest BCUT2D eigenvalue weighted by molar-refractivity contribution is 9.10. The number of pyridine rings is 1. The van der Waals surface area contributed by atoms with Gasteiger partial charge in [0.2, 0.25) is 0 Å². The molecule has 1 aromatic heterocycles. The molecule has 4 rings (SSSR count). The Morgan fingerprint density at radius 1 is 1.37 bits per heavy atom. The van der Waals surface area contributed by atoms with Crippen molar-refractivity contribution in [3.05, 3.63) is 28.5 Å². The maximum atomic E-state index is 12.0. The number of piperazine rings is 3. The molecule has 0 aromatic carbocycles. The summed E-state index contributed by atoms with van der Waals surface area (Å²) in [6.07, 6.45) is 3.27. The Morgan fingerprint density at radius 2 is 2.16 bits per heavy atom. The van der Waals surface area contributed by atoms with E-state index in [0.29, 0.717) is 18.2 Å². The third kappa shape index (κ3) is 2.96. The molecule has 102 valence electrons. The first-order chi connectivity index (χ1) is 9.22. The highest BCUT2D eigenvalue weighted by Gasteiger charge is 2.31. The highest BCUT2D eigenvalue weighted by atomic mass is 79.9. The highest BCUT2D eigenvalue weighted by Crippen LogP contribution is 2.15. The van der Waals surface area contributed by atoms with E-state index in [1.165, 1.54) is 13.1 Å². The molecule has 0 aliphatic carbocycles. The number of aromatic nitrogens is 1. The second-order valence-corrected chi connectivity index (χ2v) is 6.01. The van der Waals surface area contributed by atoms with Gasteiger partial charge >= 0.3 is 0 Å². The van der Waals surface area contributed by atoms with Crippen molar-refractivity contribution in [2.75, 3.05) is 39.3 Å². The lowest BCUT2D eigenvalue weighted by atomic mass is 10.1. The Bertz CT molecular complexity index is 473. The molecule has 1 atom stereocenters. The van der Waals surface area contributed by atoms with E-state index in [4.69, 9.17) is 0 Å². The molecule has 0 radical (unpaired) electrons. The van der Waals surface area contributed by atoms with Crippen molar-refractivity contribution >= 4 is 21.8 Å². The van der Waals surface area contributed by atoms with Crippen LogP contribution in [0.3, 0.4) is 0 Å². The molecule has 1 N–H and O–H groups in total. The molecule has 1 amide bonds. The molecule has 19 heavy (non-hydrogen) atoms. The number of rotatable bonds is 3. The minimum atomic E-state index is -0.0496. The maximum Gasteiger partial charge on any atom is 0.252 e. The lowest BCUT2D eigenvalue weighted by molar-refractivity contribution is 0.0138. The van der Waals surface area contributed by atoms with Gasteiger partial charge < -0.3 is 5.32 Å². The summed E-state index contributed by atoms with van der Waals surface area (Å²) in [5.74, 6) is -0.0496. The van der Waals surface area contributed by atoms with Crippen LogP contribution in [0, 0.1) is 0 Å². The molecule has 6 heteroatoms. The Kier molecular flexibility index (Phi) is 3.81. The van der Waals surface area contributed by atoms with Crippen molar-refractivity contribution in [1.82, 2.24) is 20.1 Å². The van der Waals surface area contributed by atoms with Crippen molar-refractivity contribution < 1.29 is 4.79 Å². The van der Waals surface area contributed by atoms with Crippen molar-refractivity contribution in [1.29, 1.82) is 0 Å². The van der Waals surface area contributed by atoms with Gasteiger partial charge in [-0.1, -0.05) is 0 Å². The number of fused-ring (bicyclic) bond motifs is 3. The predicted molar refractivity (Wildman–Crippen MR) is 76.1 cm³/mol. The molecule has 3 saturated heterocycles. The molecule has 0 saturated carbocycles. The molecule has 3 aliphatic rings. The van der Waals surface area contributed by atoms with E-state index in [1.54, 1.807) is 18.5 Å². The third-order valence-corrected chi connectivity index (χ3v) is 4.29. The average Bonchev–Trinajstić information content (AvgIpc) is 2.46. The zero-order valence-electron chi connectivity index (χ0n) is 10.7. The fourth-order valence-electron chi connectivity index (χ4n) is 2.77. The minimum Gasteiger partial charge on any atom is -0.350 e. The topological polar surface area (TPSA) is 48.5 Å². The van der Waals surface area contributed by atoms with Gasteiger partial charge in [0, 0.05) is 62.2 Å². The average molecular weight is 325 g/mol. The molecule has 2 bridgehead atoms. The summed E-state index contributed by atoms with van der Waals surface area (Å²) in [7, 11) is 0. The van der Waals surface area contributed by atoms with Gasteiger partial charge in [-0.3, -0.25) is 19.6 Å². The van der Waals surface area contributed by atoms with E-state index in [2.05, 4.69) is 36.0 Å². The number of hydrogen-bond donors (Lipinski definition) is 1. The van der Waals surface area contributed by atoms with Crippen molar-refractivity contribution in [2.24, 2.45) is 0 Å². The number of amides is 1. The Morgan fingerprint density at radius 3 is 2.79 bits per heavy atom. The van der Waals surface area contributed by atoms with Gasteiger partial charge in [0.05, 0.1) is 5.56 Å². The fraction of sp³-hybridized carbons (Fsp3) is 0.538. The van der Waals surface area contributed by atoms with Crippen LogP contribution in [-0.2, 0) is 0 Å². The zero-order chi connectivity index (χ0) is 13.2. The van der Waals surface area contributed by atoms with Gasteiger partial charge in [0.25, 0.3) is 5.91 Å². The first-order valence-electron chi connectivity index (χ1n) is 6.57. The van der Waals surface area contributed by atoms with Crippen LogP contribution < -0.4 is 5.32 Å².